The maximum atomic E-state index is 12.5. The molecule has 1 amide bonds. The van der Waals surface area contributed by atoms with E-state index in [-0.39, 0.29) is 11.4 Å². The lowest BCUT2D eigenvalue weighted by Crippen LogP contribution is -2.23. The maximum absolute atomic E-state index is 12.5. The molecule has 0 spiro atoms. The third-order valence-corrected chi connectivity index (χ3v) is 4.45. The molecule has 1 aromatic heterocycles. The number of rotatable bonds is 3. The zero-order valence-electron chi connectivity index (χ0n) is 10.7. The van der Waals surface area contributed by atoms with E-state index in [1.54, 1.807) is 41.8 Å². The lowest BCUT2D eigenvalue weighted by molar-refractivity contribution is -0.119. The lowest BCUT2D eigenvalue weighted by atomic mass is 9.96. The molecule has 106 valence electrons. The van der Waals surface area contributed by atoms with Crippen molar-refractivity contribution in [3.05, 3.63) is 68.6 Å². The van der Waals surface area contributed by atoms with Gasteiger partial charge in [0, 0.05) is 5.02 Å². The van der Waals surface area contributed by atoms with Crippen LogP contribution < -0.4 is 5.32 Å². The Hall–Kier alpha value is -2.11. The zero-order valence-corrected chi connectivity index (χ0v) is 12.2. The van der Waals surface area contributed by atoms with Crippen molar-refractivity contribution in [1.29, 1.82) is 0 Å². The summed E-state index contributed by atoms with van der Waals surface area (Å²) < 4.78 is 0. The Morgan fingerprint density at radius 1 is 1.24 bits per heavy atom. The van der Waals surface area contributed by atoms with E-state index in [4.69, 9.17) is 11.6 Å². The van der Waals surface area contributed by atoms with Crippen molar-refractivity contribution >= 4 is 34.6 Å². The first-order valence-electron chi connectivity index (χ1n) is 6.16. The molecular formula is C15H10ClNO3S. The summed E-state index contributed by atoms with van der Waals surface area (Å²) in [6.45, 7) is 0. The number of carbonyl (C=O) groups is 2. The van der Waals surface area contributed by atoms with E-state index in [0.717, 1.165) is 0 Å². The second kappa shape index (κ2) is 5.35. The van der Waals surface area contributed by atoms with Crippen LogP contribution in [-0.4, -0.2) is 16.8 Å². The highest BCUT2D eigenvalue weighted by Gasteiger charge is 2.38. The number of hydrogen-bond acceptors (Lipinski definition) is 4. The van der Waals surface area contributed by atoms with Crippen LogP contribution in [-0.2, 0) is 4.79 Å². The summed E-state index contributed by atoms with van der Waals surface area (Å²) in [5.41, 5.74) is 0.618. The molecule has 1 aliphatic rings. The molecule has 6 heteroatoms. The van der Waals surface area contributed by atoms with Crippen LogP contribution in [0.4, 0.5) is 0 Å². The van der Waals surface area contributed by atoms with Crippen LogP contribution in [0.1, 0.15) is 21.3 Å². The van der Waals surface area contributed by atoms with Gasteiger partial charge in [-0.05, 0) is 23.1 Å². The summed E-state index contributed by atoms with van der Waals surface area (Å²) in [5.74, 6) is -1.58. The van der Waals surface area contributed by atoms with Gasteiger partial charge in [-0.3, -0.25) is 9.59 Å². The lowest BCUT2D eigenvalue weighted by Gasteiger charge is -2.15. The van der Waals surface area contributed by atoms with Crippen LogP contribution in [0.3, 0.4) is 0 Å². The first-order chi connectivity index (χ1) is 10.1. The van der Waals surface area contributed by atoms with Gasteiger partial charge in [0.15, 0.2) is 5.76 Å². The molecule has 2 heterocycles. The Kier molecular flexibility index (Phi) is 3.53. The van der Waals surface area contributed by atoms with Crippen molar-refractivity contribution in [3.63, 3.8) is 0 Å². The molecule has 1 aromatic carbocycles. The van der Waals surface area contributed by atoms with Gasteiger partial charge in [0.2, 0.25) is 5.78 Å². The van der Waals surface area contributed by atoms with Gasteiger partial charge in [-0.15, -0.1) is 11.3 Å². The summed E-state index contributed by atoms with van der Waals surface area (Å²) in [7, 11) is 0. The normalized spacial score (nSPS) is 18.0. The predicted molar refractivity (Wildman–Crippen MR) is 80.6 cm³/mol. The summed E-state index contributed by atoms with van der Waals surface area (Å²) in [6.07, 6.45) is 0. The third-order valence-electron chi connectivity index (χ3n) is 3.24. The van der Waals surface area contributed by atoms with Gasteiger partial charge in [0.1, 0.15) is 0 Å². The summed E-state index contributed by atoms with van der Waals surface area (Å²) in [6, 6.07) is 9.56. The predicted octanol–water partition coefficient (Wildman–Crippen LogP) is 3.27. The van der Waals surface area contributed by atoms with Crippen molar-refractivity contribution < 1.29 is 14.7 Å². The second-order valence-corrected chi connectivity index (χ2v) is 5.85. The van der Waals surface area contributed by atoms with E-state index in [1.165, 1.54) is 11.3 Å². The minimum Gasteiger partial charge on any atom is -0.503 e. The highest BCUT2D eigenvalue weighted by Crippen LogP contribution is 2.35. The molecule has 0 aliphatic carbocycles. The molecular weight excluding hydrogens is 310 g/mol. The topological polar surface area (TPSA) is 66.4 Å². The van der Waals surface area contributed by atoms with Crippen LogP contribution in [0.2, 0.25) is 5.02 Å². The number of Topliss-reactive ketones (excluding diaryl/α,β-unsaturated/α-hetero) is 1. The van der Waals surface area contributed by atoms with E-state index in [9.17, 15) is 14.7 Å². The number of amides is 1. The Morgan fingerprint density at radius 2 is 2.00 bits per heavy atom. The summed E-state index contributed by atoms with van der Waals surface area (Å²) in [4.78, 5) is 24.7. The Bertz CT molecular complexity index is 752. The van der Waals surface area contributed by atoms with Gasteiger partial charge >= 0.3 is 0 Å². The van der Waals surface area contributed by atoms with Crippen LogP contribution >= 0.6 is 22.9 Å². The SMILES string of the molecule is O=C1N[C@H](c2ccccc2Cl)C(C(=O)c2cccs2)=C1O. The zero-order chi connectivity index (χ0) is 15.0. The van der Waals surface area contributed by atoms with Gasteiger partial charge < -0.3 is 10.4 Å². The fraction of sp³-hybridized carbons (Fsp3) is 0.0667. The number of aliphatic hydroxyl groups excluding tert-OH is 1. The van der Waals surface area contributed by atoms with Gasteiger partial charge in [0.05, 0.1) is 16.5 Å². The van der Waals surface area contributed by atoms with Crippen molar-refractivity contribution in [1.82, 2.24) is 5.32 Å². The average Bonchev–Trinajstić information content (AvgIpc) is 3.09. The molecule has 0 bridgehead atoms. The molecule has 2 N–H and O–H groups in total. The summed E-state index contributed by atoms with van der Waals surface area (Å²) in [5, 5.41) is 14.7. The molecule has 0 radical (unpaired) electrons. The van der Waals surface area contributed by atoms with E-state index >= 15 is 0 Å². The standard InChI is InChI=1S/C15H10ClNO3S/c16-9-5-2-1-4-8(9)12-11(14(19)15(20)17-12)13(18)10-6-3-7-21-10/h1-7,12,19H,(H,17,20)/t12-/m1/s1. The molecule has 21 heavy (non-hydrogen) atoms. The van der Waals surface area contributed by atoms with Crippen molar-refractivity contribution in [2.75, 3.05) is 0 Å². The molecule has 4 nitrogen and oxygen atoms in total. The van der Waals surface area contributed by atoms with Crippen LogP contribution in [0.15, 0.2) is 53.1 Å². The number of hydrogen-bond donors (Lipinski definition) is 2. The van der Waals surface area contributed by atoms with Crippen LogP contribution in [0.5, 0.6) is 0 Å². The highest BCUT2D eigenvalue weighted by molar-refractivity contribution is 7.12. The van der Waals surface area contributed by atoms with Crippen LogP contribution in [0, 0.1) is 0 Å². The maximum Gasteiger partial charge on any atom is 0.287 e. The number of aliphatic hydroxyl groups is 1. The second-order valence-electron chi connectivity index (χ2n) is 4.50. The molecule has 3 rings (SSSR count). The first-order valence-corrected chi connectivity index (χ1v) is 7.42. The first kappa shape index (κ1) is 13.9. The fourth-order valence-corrected chi connectivity index (χ4v) is 3.17. The molecule has 2 aromatic rings. The molecule has 0 saturated carbocycles. The minimum atomic E-state index is -0.735. The monoisotopic (exact) mass is 319 g/mol. The Morgan fingerprint density at radius 3 is 2.67 bits per heavy atom. The summed E-state index contributed by atoms with van der Waals surface area (Å²) >= 11 is 7.39. The third kappa shape index (κ3) is 2.34. The molecule has 0 fully saturated rings. The van der Waals surface area contributed by atoms with Crippen molar-refractivity contribution in [2.24, 2.45) is 0 Å². The van der Waals surface area contributed by atoms with Gasteiger partial charge in [0.25, 0.3) is 5.91 Å². The van der Waals surface area contributed by atoms with Crippen LogP contribution in [0.25, 0.3) is 0 Å². The average molecular weight is 320 g/mol. The number of benzene rings is 1. The highest BCUT2D eigenvalue weighted by atomic mass is 35.5. The van der Waals surface area contributed by atoms with E-state index < -0.39 is 17.7 Å². The Balaban J connectivity index is 2.08. The quantitative estimate of drug-likeness (QED) is 0.853. The number of halogens is 1. The van der Waals surface area contributed by atoms with Gasteiger partial charge in [-0.2, -0.15) is 0 Å². The van der Waals surface area contributed by atoms with Gasteiger partial charge in [-0.1, -0.05) is 35.9 Å². The van der Waals surface area contributed by atoms with E-state index in [2.05, 4.69) is 5.32 Å². The molecule has 0 unspecified atom stereocenters. The number of ketones is 1. The van der Waals surface area contributed by atoms with Crippen molar-refractivity contribution in [2.45, 2.75) is 6.04 Å². The van der Waals surface area contributed by atoms with Crippen molar-refractivity contribution in [3.8, 4) is 0 Å². The van der Waals surface area contributed by atoms with E-state index in [1.807, 2.05) is 0 Å². The molecule has 0 saturated heterocycles. The number of thiophene rings is 1. The van der Waals surface area contributed by atoms with Gasteiger partial charge in [-0.25, -0.2) is 0 Å². The van der Waals surface area contributed by atoms with E-state index in [0.29, 0.717) is 15.5 Å². The molecule has 1 aliphatic heterocycles. The largest absolute Gasteiger partial charge is 0.503 e. The number of carbonyl (C=O) groups excluding carboxylic acids is 2. The number of nitrogens with one attached hydrogen (secondary N) is 1. The minimum absolute atomic E-state index is 0.0375. The Labute approximate surface area is 129 Å². The fourth-order valence-electron chi connectivity index (χ4n) is 2.25. The smallest absolute Gasteiger partial charge is 0.287 e. The molecule has 1 atom stereocenters.